The van der Waals surface area contributed by atoms with Crippen molar-refractivity contribution in [2.45, 2.75) is 20.8 Å². The van der Waals surface area contributed by atoms with E-state index in [0.717, 1.165) is 12.4 Å². The molecular weight excluding hydrogens is 252 g/mol. The summed E-state index contributed by atoms with van der Waals surface area (Å²) < 4.78 is 5.57. The van der Waals surface area contributed by atoms with Crippen LogP contribution >= 0.6 is 0 Å². The first-order valence-corrected chi connectivity index (χ1v) is 4.29. The van der Waals surface area contributed by atoms with Crippen molar-refractivity contribution in [2.75, 3.05) is 6.61 Å². The molecule has 0 aliphatic heterocycles. The Kier molecular flexibility index (Phi) is 10.2. The summed E-state index contributed by atoms with van der Waals surface area (Å²) in [6, 6.07) is 8.80. The molecule has 0 aliphatic rings. The molecule has 0 saturated carbocycles. The summed E-state index contributed by atoms with van der Waals surface area (Å²) >= 11 is 0. The quantitative estimate of drug-likeness (QED) is 0.528. The van der Waals surface area contributed by atoms with Crippen LogP contribution in [-0.4, -0.2) is 29.7 Å². The standard InChI is InChI=1S/C11H15O.BrH.Mg/c1-9(2)8-12-11-7-5-4-6-10(11)3;;/h4,6-7,9H,8H2,1-3H3;1H;/q-1;;+2/p-1. The van der Waals surface area contributed by atoms with E-state index in [9.17, 15) is 0 Å². The molecule has 3 heteroatoms. The third-order valence-electron chi connectivity index (χ3n) is 1.60. The van der Waals surface area contributed by atoms with E-state index in [0.29, 0.717) is 5.92 Å². The van der Waals surface area contributed by atoms with Crippen molar-refractivity contribution in [2.24, 2.45) is 5.92 Å². The van der Waals surface area contributed by atoms with Gasteiger partial charge in [-0.05, 0) is 5.92 Å². The molecule has 0 unspecified atom stereocenters. The van der Waals surface area contributed by atoms with Gasteiger partial charge in [0.25, 0.3) is 0 Å². The summed E-state index contributed by atoms with van der Waals surface area (Å²) in [5, 5.41) is 0. The average molecular weight is 267 g/mol. The fourth-order valence-electron chi connectivity index (χ4n) is 0.905. The summed E-state index contributed by atoms with van der Waals surface area (Å²) in [5.41, 5.74) is 1.18. The van der Waals surface area contributed by atoms with Crippen LogP contribution in [0, 0.1) is 18.9 Å². The maximum absolute atomic E-state index is 5.57. The molecule has 0 aliphatic carbocycles. The molecule has 1 aromatic carbocycles. The first kappa shape index (κ1) is 16.7. The Morgan fingerprint density at radius 1 is 1.43 bits per heavy atom. The zero-order valence-corrected chi connectivity index (χ0v) is 12.0. The Bertz CT molecular complexity index is 251. The molecule has 0 atom stereocenters. The zero-order valence-electron chi connectivity index (χ0n) is 9.01. The van der Waals surface area contributed by atoms with Crippen LogP contribution in [0.2, 0.25) is 0 Å². The topological polar surface area (TPSA) is 9.23 Å². The number of rotatable bonds is 3. The first-order valence-electron chi connectivity index (χ1n) is 4.29. The summed E-state index contributed by atoms with van der Waals surface area (Å²) in [6.45, 7) is 7.10. The largest absolute Gasteiger partial charge is 2.00 e. The van der Waals surface area contributed by atoms with Gasteiger partial charge >= 0.3 is 23.1 Å². The molecule has 74 valence electrons. The van der Waals surface area contributed by atoms with Gasteiger partial charge in [-0.2, -0.15) is 18.2 Å². The minimum absolute atomic E-state index is 0. The fraction of sp³-hybridized carbons (Fsp3) is 0.455. The van der Waals surface area contributed by atoms with Gasteiger partial charge in [0, 0.05) is 5.75 Å². The molecule has 0 saturated heterocycles. The third kappa shape index (κ3) is 5.88. The second-order valence-corrected chi connectivity index (χ2v) is 3.40. The SMILES string of the molecule is Cc1cc[c-]cc1OCC(C)C.[Br-].[Mg+2]. The summed E-state index contributed by atoms with van der Waals surface area (Å²) in [4.78, 5) is 0. The summed E-state index contributed by atoms with van der Waals surface area (Å²) in [7, 11) is 0. The Morgan fingerprint density at radius 3 is 2.57 bits per heavy atom. The third-order valence-corrected chi connectivity index (χ3v) is 1.60. The molecule has 1 nitrogen and oxygen atoms in total. The van der Waals surface area contributed by atoms with Gasteiger partial charge < -0.3 is 21.7 Å². The van der Waals surface area contributed by atoms with Gasteiger partial charge in [0.15, 0.2) is 0 Å². The monoisotopic (exact) mass is 266 g/mol. The second kappa shape index (κ2) is 8.56. The molecule has 0 aromatic heterocycles. The maximum Gasteiger partial charge on any atom is 2.00 e. The summed E-state index contributed by atoms with van der Waals surface area (Å²) in [6.07, 6.45) is 0. The molecule has 1 rings (SSSR count). The van der Waals surface area contributed by atoms with Crippen LogP contribution in [0.3, 0.4) is 0 Å². The van der Waals surface area contributed by atoms with Crippen molar-refractivity contribution in [3.8, 4) is 5.75 Å². The van der Waals surface area contributed by atoms with Crippen molar-refractivity contribution < 1.29 is 21.7 Å². The molecule has 0 N–H and O–H groups in total. The number of hydrogen-bond donors (Lipinski definition) is 0. The first-order chi connectivity index (χ1) is 5.70. The van der Waals surface area contributed by atoms with E-state index < -0.39 is 0 Å². The molecular formula is C11H15BrMgO. The minimum Gasteiger partial charge on any atom is -1.00 e. The van der Waals surface area contributed by atoms with Gasteiger partial charge in [-0.25, -0.2) is 0 Å². The van der Waals surface area contributed by atoms with Crippen molar-refractivity contribution in [3.63, 3.8) is 0 Å². The Morgan fingerprint density at radius 2 is 2.07 bits per heavy atom. The molecule has 0 spiro atoms. The van der Waals surface area contributed by atoms with Gasteiger partial charge in [-0.1, -0.05) is 20.8 Å². The van der Waals surface area contributed by atoms with E-state index in [4.69, 9.17) is 4.74 Å². The Hall–Kier alpha value is 0.266. The van der Waals surface area contributed by atoms with Crippen LogP contribution < -0.4 is 21.7 Å². The Labute approximate surface area is 113 Å². The van der Waals surface area contributed by atoms with Crippen molar-refractivity contribution in [1.82, 2.24) is 0 Å². The van der Waals surface area contributed by atoms with Gasteiger partial charge in [-0.3, -0.25) is 0 Å². The van der Waals surface area contributed by atoms with E-state index in [1.165, 1.54) is 5.56 Å². The van der Waals surface area contributed by atoms with Crippen LogP contribution in [-0.2, 0) is 0 Å². The number of halogens is 1. The van der Waals surface area contributed by atoms with Crippen molar-refractivity contribution in [3.05, 3.63) is 29.8 Å². The molecule has 0 bridgehead atoms. The predicted molar refractivity (Wildman–Crippen MR) is 56.1 cm³/mol. The van der Waals surface area contributed by atoms with Crippen LogP contribution in [0.25, 0.3) is 0 Å². The van der Waals surface area contributed by atoms with Crippen molar-refractivity contribution >= 4 is 23.1 Å². The second-order valence-electron chi connectivity index (χ2n) is 3.40. The predicted octanol–water partition coefficient (Wildman–Crippen LogP) is -0.547. The van der Waals surface area contributed by atoms with E-state index in [-0.39, 0.29) is 40.0 Å². The zero-order chi connectivity index (χ0) is 8.97. The average Bonchev–Trinajstić information content (AvgIpc) is 2.03. The van der Waals surface area contributed by atoms with Gasteiger partial charge in [0.05, 0.1) is 6.61 Å². The van der Waals surface area contributed by atoms with Crippen LogP contribution in [0.4, 0.5) is 0 Å². The number of benzene rings is 1. The number of ether oxygens (including phenoxy) is 1. The number of hydrogen-bond acceptors (Lipinski definition) is 1. The molecule has 0 heterocycles. The Balaban J connectivity index is 0. The van der Waals surface area contributed by atoms with Crippen molar-refractivity contribution in [1.29, 1.82) is 0 Å². The normalized spacial score (nSPS) is 8.86. The van der Waals surface area contributed by atoms with E-state index >= 15 is 0 Å². The van der Waals surface area contributed by atoms with Crippen LogP contribution in [0.15, 0.2) is 18.2 Å². The maximum atomic E-state index is 5.57. The molecule has 1 aromatic rings. The van der Waals surface area contributed by atoms with Gasteiger partial charge in [0.2, 0.25) is 0 Å². The van der Waals surface area contributed by atoms with E-state index in [1.807, 2.05) is 25.1 Å². The number of aryl methyl sites for hydroxylation is 1. The van der Waals surface area contributed by atoms with Crippen LogP contribution in [0.1, 0.15) is 19.4 Å². The molecule has 0 amide bonds. The van der Waals surface area contributed by atoms with Gasteiger partial charge in [0.1, 0.15) is 0 Å². The minimum atomic E-state index is 0. The molecule has 14 heavy (non-hydrogen) atoms. The molecule has 0 fully saturated rings. The van der Waals surface area contributed by atoms with E-state index in [2.05, 4.69) is 19.9 Å². The smallest absolute Gasteiger partial charge is 1.00 e. The van der Waals surface area contributed by atoms with Crippen LogP contribution in [0.5, 0.6) is 5.75 Å². The van der Waals surface area contributed by atoms with E-state index in [1.54, 1.807) is 0 Å². The van der Waals surface area contributed by atoms with Gasteiger partial charge in [-0.15, -0.1) is 11.6 Å². The summed E-state index contributed by atoms with van der Waals surface area (Å²) in [5.74, 6) is 1.52. The molecule has 0 radical (unpaired) electrons. The fourth-order valence-corrected chi connectivity index (χ4v) is 0.905.